The van der Waals surface area contributed by atoms with Gasteiger partial charge in [0.05, 0.1) is 86.8 Å². The lowest BCUT2D eigenvalue weighted by molar-refractivity contribution is -0.00100. The predicted octanol–water partition coefficient (Wildman–Crippen LogP) is -3.59. The highest BCUT2D eigenvalue weighted by atomic mass is 35.5. The Morgan fingerprint density at radius 2 is 0.250 bits per heavy atom. The first-order valence-corrected chi connectivity index (χ1v) is 0. The van der Waals surface area contributed by atoms with Gasteiger partial charge in [-0.2, -0.15) is 0 Å². The number of hydrogen-bond acceptors (Lipinski definition) is 1. The average Bonchev–Trinajstić information content (AvgIpc) is 0. The van der Waals surface area contributed by atoms with E-state index in [0.29, 0.717) is 0 Å². The van der Waals surface area contributed by atoms with E-state index in [0.717, 1.165) is 0 Å². The first-order valence-electron chi connectivity index (χ1n) is 0. The summed E-state index contributed by atoms with van der Waals surface area (Å²) in [6, 6.07) is 0. The van der Waals surface area contributed by atoms with Crippen molar-refractivity contribution in [2.75, 3.05) is 0 Å². The van der Waals surface area contributed by atoms with Gasteiger partial charge in [0.2, 0.25) is 0 Å². The van der Waals surface area contributed by atoms with Crippen LogP contribution >= 0.6 is 0 Å². The van der Waals surface area contributed by atoms with E-state index < -0.39 is 0 Å². The summed E-state index contributed by atoms with van der Waals surface area (Å²) in [5.74, 6) is 0. The normalized spacial score (nSPS) is 0. The summed E-state index contributed by atoms with van der Waals surface area (Å²) in [5, 5.41) is 0. The van der Waals surface area contributed by atoms with E-state index in [1.165, 1.54) is 0 Å². The SMILES string of the molecule is N.[ClH2+].[ClH2+].[ClH2+].[ClH2+].[ClH2+].[ClH2+].[ClH2+]. The van der Waals surface area contributed by atoms with E-state index in [2.05, 4.69) is 0 Å². The second-order valence-corrected chi connectivity index (χ2v) is 0. The fourth-order valence-corrected chi connectivity index (χ4v) is 0. The van der Waals surface area contributed by atoms with Crippen LogP contribution in [-0.2, 0) is 0 Å². The molecule has 64 valence electrons. The smallest absolute Gasteiger partial charge is 0.0903 e. The predicted molar refractivity (Wildman–Crippen MR) is 24.6 cm³/mol. The summed E-state index contributed by atoms with van der Waals surface area (Å²) in [4.78, 5) is 0. The Hall–Kier alpha value is 1.99. The minimum Gasteiger partial charge on any atom is -0.344 e. The largest absolute Gasteiger partial charge is 0.344 e. The van der Waals surface area contributed by atoms with Gasteiger partial charge in [0, 0.05) is 0 Å². The van der Waals surface area contributed by atoms with Gasteiger partial charge in [0.25, 0.3) is 0 Å². The highest BCUT2D eigenvalue weighted by Gasteiger charge is 0.0963. The van der Waals surface area contributed by atoms with Gasteiger partial charge in [0.15, 0.2) is 0 Å². The van der Waals surface area contributed by atoms with Crippen LogP contribution < -0.4 is 6.15 Å². The summed E-state index contributed by atoms with van der Waals surface area (Å²) in [6.07, 6.45) is 0. The molecule has 0 saturated carbocycles. The van der Waals surface area contributed by atoms with Gasteiger partial charge >= 0.3 is 0 Å². The van der Waals surface area contributed by atoms with Crippen molar-refractivity contribution in [1.82, 2.24) is 6.15 Å². The van der Waals surface area contributed by atoms with Crippen LogP contribution in [0.1, 0.15) is 0 Å². The second kappa shape index (κ2) is 145. The molecule has 8 heavy (non-hydrogen) atoms. The van der Waals surface area contributed by atoms with E-state index in [1.54, 1.807) is 0 Å². The van der Waals surface area contributed by atoms with E-state index in [-0.39, 0.29) is 93.0 Å². The first kappa shape index (κ1) is 204. The highest BCUT2D eigenvalue weighted by molar-refractivity contribution is 2.13. The van der Waals surface area contributed by atoms with Gasteiger partial charge in [-0.15, -0.1) is 0 Å². The summed E-state index contributed by atoms with van der Waals surface area (Å²) in [7, 11) is 0. The molecule has 0 spiro atoms. The Kier molecular flexibility index (Phi) is 3690. The van der Waals surface area contributed by atoms with Gasteiger partial charge in [0.1, 0.15) is 0 Å². The molecule has 0 aromatic rings. The Labute approximate surface area is 92.6 Å². The third-order valence-corrected chi connectivity index (χ3v) is 0. The maximum absolute atomic E-state index is 0. The van der Waals surface area contributed by atoms with Crippen LogP contribution in [0.2, 0.25) is 0 Å². The molecule has 0 fully saturated rings. The van der Waals surface area contributed by atoms with Crippen LogP contribution in [0.3, 0.4) is 0 Å². The van der Waals surface area contributed by atoms with Gasteiger partial charge in [-0.1, -0.05) is 0 Å². The fourth-order valence-electron chi connectivity index (χ4n) is 0. The lowest BCUT2D eigenvalue weighted by Gasteiger charge is -0.344. The lowest BCUT2D eigenvalue weighted by atomic mass is 14.0. The Morgan fingerprint density at radius 3 is 0.250 bits per heavy atom. The molecule has 1 nitrogen and oxygen atoms in total. The van der Waals surface area contributed by atoms with Crippen molar-refractivity contribution in [2.24, 2.45) is 0 Å². The quantitative estimate of drug-likeness (QED) is 0.489. The van der Waals surface area contributed by atoms with Crippen LogP contribution in [0.15, 0.2) is 0 Å². The molecular formula is H17Cl7N+7. The molecule has 0 saturated heterocycles. The van der Waals surface area contributed by atoms with Crippen molar-refractivity contribution < 1.29 is 86.8 Å². The zero-order valence-electron chi connectivity index (χ0n) is 3.84. The van der Waals surface area contributed by atoms with Crippen LogP contribution in [0.25, 0.3) is 0 Å². The van der Waals surface area contributed by atoms with Crippen molar-refractivity contribution >= 4 is 0 Å². The highest BCUT2D eigenvalue weighted by Crippen LogP contribution is 0.00601. The third-order valence-electron chi connectivity index (χ3n) is 0. The van der Waals surface area contributed by atoms with Gasteiger partial charge in [-0.3, -0.25) is 0 Å². The molecule has 0 unspecified atom stereocenters. The number of halogens is 7. The molecule has 0 radical (unpaired) electrons. The molecule has 0 amide bonds. The van der Waals surface area contributed by atoms with Crippen LogP contribution in [-0.4, -0.2) is 0 Å². The Balaban J connectivity index is 0. The van der Waals surface area contributed by atoms with Crippen LogP contribution in [0.5, 0.6) is 0 Å². The third kappa shape index (κ3) is 98.6. The minimum absolute atomic E-state index is 0. The summed E-state index contributed by atoms with van der Waals surface area (Å²) in [5.41, 5.74) is 0. The zero-order valence-corrected chi connectivity index (χ0v) is 10.1. The molecule has 8 heteroatoms. The molecule has 0 heterocycles. The van der Waals surface area contributed by atoms with Crippen LogP contribution in [0, 0.1) is 86.8 Å². The van der Waals surface area contributed by atoms with E-state index in [4.69, 9.17) is 0 Å². The molecular weight excluding hydrogens is 262 g/mol. The Morgan fingerprint density at radius 1 is 0.250 bits per heavy atom. The monoisotopic (exact) mass is 276 g/mol. The second-order valence-electron chi connectivity index (χ2n) is 0. The van der Waals surface area contributed by atoms with Crippen molar-refractivity contribution in [1.29, 1.82) is 0 Å². The molecule has 0 aromatic carbocycles. The van der Waals surface area contributed by atoms with Crippen LogP contribution in [0.4, 0.5) is 0 Å². The molecule has 3 N–H and O–H groups in total. The molecule has 0 aliphatic heterocycles. The summed E-state index contributed by atoms with van der Waals surface area (Å²) in [6.45, 7) is 0. The number of rotatable bonds is 0. The van der Waals surface area contributed by atoms with Crippen molar-refractivity contribution in [3.63, 3.8) is 0 Å². The standard InChI is InChI=1S/7ClH2.H3N/h7*1H2;1H3/q7*+1;. The molecule has 0 rings (SSSR count). The minimum atomic E-state index is 0. The molecule has 0 aliphatic rings. The van der Waals surface area contributed by atoms with Crippen molar-refractivity contribution in [2.45, 2.75) is 0 Å². The van der Waals surface area contributed by atoms with Crippen molar-refractivity contribution in [3.8, 4) is 0 Å². The molecule has 0 aromatic heterocycles. The van der Waals surface area contributed by atoms with E-state index in [1.807, 2.05) is 0 Å². The summed E-state index contributed by atoms with van der Waals surface area (Å²) < 4.78 is 0. The fraction of sp³-hybridized carbons (Fsp3) is 0. The summed E-state index contributed by atoms with van der Waals surface area (Å²) >= 11 is 0. The topological polar surface area (TPSA) is 35.0 Å². The molecule has 0 aliphatic carbocycles. The van der Waals surface area contributed by atoms with Gasteiger partial charge in [-0.25, -0.2) is 0 Å². The number of hydrogen-bond donors (Lipinski definition) is 1. The van der Waals surface area contributed by atoms with Gasteiger partial charge in [-0.05, 0) is 0 Å². The molecule has 0 bridgehead atoms. The zero-order chi connectivity index (χ0) is 0. The average molecular weight is 279 g/mol. The van der Waals surface area contributed by atoms with Gasteiger partial charge < -0.3 is 6.15 Å². The first-order chi connectivity index (χ1) is 0. The maximum Gasteiger partial charge on any atom is 0.0903 e. The van der Waals surface area contributed by atoms with Crippen molar-refractivity contribution in [3.05, 3.63) is 0 Å². The lowest BCUT2D eigenvalue weighted by Crippen LogP contribution is -0.481. The molecule has 0 atom stereocenters. The van der Waals surface area contributed by atoms with E-state index in [9.17, 15) is 0 Å². The Bertz CT molecular complexity index is 4.35. The van der Waals surface area contributed by atoms with E-state index >= 15 is 0 Å². The maximum atomic E-state index is 0.